The van der Waals surface area contributed by atoms with E-state index in [1.54, 1.807) is 7.11 Å². The molecule has 2 fully saturated rings. The Morgan fingerprint density at radius 1 is 1.32 bits per heavy atom. The molecule has 2 atom stereocenters. The number of hydrogen-bond donors (Lipinski definition) is 1. The summed E-state index contributed by atoms with van der Waals surface area (Å²) in [6.07, 6.45) is 7.40. The van der Waals surface area contributed by atoms with Crippen molar-refractivity contribution in [2.45, 2.75) is 70.0 Å². The standard InChI is InChI=1S/C15H28N2O2/c1-3-8-17(15(18)5-4-9-19-2)14-10-12-6-7-13(11-14)16-12/h12-14,16H,3-11H2,1-2H3. The lowest BCUT2D eigenvalue weighted by Gasteiger charge is -2.38. The number of hydrogen-bond acceptors (Lipinski definition) is 3. The van der Waals surface area contributed by atoms with Crippen LogP contribution in [0.5, 0.6) is 0 Å². The maximum absolute atomic E-state index is 12.4. The van der Waals surface area contributed by atoms with Gasteiger partial charge in [0.2, 0.25) is 5.91 Å². The van der Waals surface area contributed by atoms with Gasteiger partial charge in [0.05, 0.1) is 0 Å². The van der Waals surface area contributed by atoms with Gasteiger partial charge < -0.3 is 15.0 Å². The molecule has 0 spiro atoms. The molecule has 1 amide bonds. The van der Waals surface area contributed by atoms with E-state index in [1.165, 1.54) is 12.8 Å². The first-order valence-corrected chi connectivity index (χ1v) is 7.79. The van der Waals surface area contributed by atoms with Crippen molar-refractivity contribution in [1.82, 2.24) is 10.2 Å². The fraction of sp³-hybridized carbons (Fsp3) is 0.933. The van der Waals surface area contributed by atoms with Crippen LogP contribution in [0, 0.1) is 0 Å². The van der Waals surface area contributed by atoms with Crippen LogP contribution < -0.4 is 5.32 Å². The molecule has 0 radical (unpaired) electrons. The fourth-order valence-corrected chi connectivity index (χ4v) is 3.54. The normalized spacial score (nSPS) is 29.5. The van der Waals surface area contributed by atoms with E-state index >= 15 is 0 Å². The maximum Gasteiger partial charge on any atom is 0.222 e. The van der Waals surface area contributed by atoms with Gasteiger partial charge in [-0.15, -0.1) is 0 Å². The van der Waals surface area contributed by atoms with E-state index in [0.29, 0.717) is 37.1 Å². The average molecular weight is 268 g/mol. The van der Waals surface area contributed by atoms with Crippen molar-refractivity contribution in [3.63, 3.8) is 0 Å². The van der Waals surface area contributed by atoms with E-state index in [-0.39, 0.29) is 0 Å². The summed E-state index contributed by atoms with van der Waals surface area (Å²) < 4.78 is 5.04. The number of carbonyl (C=O) groups is 1. The Balaban J connectivity index is 1.89. The number of piperidine rings is 1. The molecule has 19 heavy (non-hydrogen) atoms. The minimum Gasteiger partial charge on any atom is -0.385 e. The van der Waals surface area contributed by atoms with Crippen molar-refractivity contribution < 1.29 is 9.53 Å². The van der Waals surface area contributed by atoms with Crippen LogP contribution in [0.4, 0.5) is 0 Å². The Hall–Kier alpha value is -0.610. The molecule has 0 aromatic heterocycles. The Bertz CT molecular complexity index is 284. The topological polar surface area (TPSA) is 41.6 Å². The molecule has 2 aliphatic heterocycles. The quantitative estimate of drug-likeness (QED) is 0.717. The number of carbonyl (C=O) groups excluding carboxylic acids is 1. The summed E-state index contributed by atoms with van der Waals surface area (Å²) in [5.74, 6) is 0.324. The van der Waals surface area contributed by atoms with Crippen molar-refractivity contribution in [3.05, 3.63) is 0 Å². The second kappa shape index (κ2) is 7.25. The first-order chi connectivity index (χ1) is 9.24. The van der Waals surface area contributed by atoms with Crippen LogP contribution in [-0.4, -0.2) is 49.2 Å². The highest BCUT2D eigenvalue weighted by Gasteiger charge is 2.37. The Kier molecular flexibility index (Phi) is 5.64. The van der Waals surface area contributed by atoms with Gasteiger partial charge in [-0.2, -0.15) is 0 Å². The molecular formula is C15H28N2O2. The zero-order valence-corrected chi connectivity index (χ0v) is 12.4. The Morgan fingerprint density at radius 2 is 2.00 bits per heavy atom. The Morgan fingerprint density at radius 3 is 2.58 bits per heavy atom. The van der Waals surface area contributed by atoms with Gasteiger partial charge in [0.15, 0.2) is 0 Å². The second-order valence-corrected chi connectivity index (χ2v) is 5.95. The summed E-state index contributed by atoms with van der Waals surface area (Å²) in [5, 5.41) is 3.65. The summed E-state index contributed by atoms with van der Waals surface area (Å²) in [6.45, 7) is 3.75. The van der Waals surface area contributed by atoms with Crippen LogP contribution in [0.25, 0.3) is 0 Å². The van der Waals surface area contributed by atoms with Crippen LogP contribution in [-0.2, 0) is 9.53 Å². The van der Waals surface area contributed by atoms with Gasteiger partial charge in [-0.1, -0.05) is 6.92 Å². The van der Waals surface area contributed by atoms with Crippen molar-refractivity contribution in [3.8, 4) is 0 Å². The summed E-state index contributed by atoms with van der Waals surface area (Å²) >= 11 is 0. The highest BCUT2D eigenvalue weighted by atomic mass is 16.5. The van der Waals surface area contributed by atoms with Crippen LogP contribution in [0.1, 0.15) is 51.9 Å². The third kappa shape index (κ3) is 3.93. The molecule has 0 aliphatic carbocycles. The molecule has 110 valence electrons. The molecule has 2 heterocycles. The lowest BCUT2D eigenvalue weighted by Crippen LogP contribution is -2.50. The number of fused-ring (bicyclic) bond motifs is 2. The van der Waals surface area contributed by atoms with E-state index in [1.807, 2.05) is 0 Å². The van der Waals surface area contributed by atoms with Crippen molar-refractivity contribution in [2.24, 2.45) is 0 Å². The molecule has 2 bridgehead atoms. The smallest absolute Gasteiger partial charge is 0.222 e. The van der Waals surface area contributed by atoms with Crippen molar-refractivity contribution in [1.29, 1.82) is 0 Å². The van der Waals surface area contributed by atoms with Crippen LogP contribution >= 0.6 is 0 Å². The van der Waals surface area contributed by atoms with E-state index in [9.17, 15) is 4.79 Å². The van der Waals surface area contributed by atoms with E-state index in [0.717, 1.165) is 32.2 Å². The van der Waals surface area contributed by atoms with Gasteiger partial charge >= 0.3 is 0 Å². The molecule has 4 heteroatoms. The van der Waals surface area contributed by atoms with Gasteiger partial charge in [0.1, 0.15) is 0 Å². The van der Waals surface area contributed by atoms with Crippen LogP contribution in [0.15, 0.2) is 0 Å². The first-order valence-electron chi connectivity index (χ1n) is 7.79. The monoisotopic (exact) mass is 268 g/mol. The van der Waals surface area contributed by atoms with Gasteiger partial charge in [-0.25, -0.2) is 0 Å². The Labute approximate surface area is 116 Å². The van der Waals surface area contributed by atoms with Crippen LogP contribution in [0.2, 0.25) is 0 Å². The fourth-order valence-electron chi connectivity index (χ4n) is 3.54. The predicted octanol–water partition coefficient (Wildman–Crippen LogP) is 1.93. The first kappa shape index (κ1) is 14.8. The van der Waals surface area contributed by atoms with Gasteiger partial charge in [-0.05, 0) is 38.5 Å². The molecule has 0 saturated carbocycles. The SMILES string of the molecule is CCCN(C(=O)CCCOC)C1CC2CCC(C1)N2. The molecule has 1 N–H and O–H groups in total. The minimum absolute atomic E-state index is 0.324. The molecule has 0 aromatic rings. The van der Waals surface area contributed by atoms with Crippen LogP contribution in [0.3, 0.4) is 0 Å². The summed E-state index contributed by atoms with van der Waals surface area (Å²) in [7, 11) is 1.69. The molecule has 2 rings (SSSR count). The molecule has 2 unspecified atom stereocenters. The molecule has 0 aromatic carbocycles. The number of amides is 1. The molecule has 2 saturated heterocycles. The van der Waals surface area contributed by atoms with E-state index in [2.05, 4.69) is 17.1 Å². The number of rotatable bonds is 7. The van der Waals surface area contributed by atoms with Gasteiger partial charge in [0, 0.05) is 44.8 Å². The predicted molar refractivity (Wildman–Crippen MR) is 76.1 cm³/mol. The lowest BCUT2D eigenvalue weighted by atomic mass is 9.97. The number of ether oxygens (including phenoxy) is 1. The third-order valence-corrected chi connectivity index (χ3v) is 4.41. The number of nitrogens with one attached hydrogen (secondary N) is 1. The number of nitrogens with zero attached hydrogens (tertiary/aromatic N) is 1. The lowest BCUT2D eigenvalue weighted by molar-refractivity contribution is -0.134. The number of methoxy groups -OCH3 is 1. The van der Waals surface area contributed by atoms with Crippen molar-refractivity contribution >= 4 is 5.91 Å². The summed E-state index contributed by atoms with van der Waals surface area (Å²) in [4.78, 5) is 14.5. The zero-order valence-electron chi connectivity index (χ0n) is 12.4. The molecule has 2 aliphatic rings. The highest BCUT2D eigenvalue weighted by molar-refractivity contribution is 5.76. The average Bonchev–Trinajstić information content (AvgIpc) is 2.75. The zero-order chi connectivity index (χ0) is 13.7. The minimum atomic E-state index is 0.324. The maximum atomic E-state index is 12.4. The molecule has 4 nitrogen and oxygen atoms in total. The molecular weight excluding hydrogens is 240 g/mol. The summed E-state index contributed by atoms with van der Waals surface area (Å²) in [6, 6.07) is 1.76. The highest BCUT2D eigenvalue weighted by Crippen LogP contribution is 2.30. The largest absolute Gasteiger partial charge is 0.385 e. The van der Waals surface area contributed by atoms with E-state index < -0.39 is 0 Å². The van der Waals surface area contributed by atoms with Crippen molar-refractivity contribution in [2.75, 3.05) is 20.3 Å². The van der Waals surface area contributed by atoms with Gasteiger partial charge in [-0.3, -0.25) is 4.79 Å². The van der Waals surface area contributed by atoms with E-state index in [4.69, 9.17) is 4.74 Å². The second-order valence-electron chi connectivity index (χ2n) is 5.95. The summed E-state index contributed by atoms with van der Waals surface area (Å²) in [5.41, 5.74) is 0. The third-order valence-electron chi connectivity index (χ3n) is 4.41. The van der Waals surface area contributed by atoms with Gasteiger partial charge in [0.25, 0.3) is 0 Å².